The molecule has 1 rings (SSSR count). The summed E-state index contributed by atoms with van der Waals surface area (Å²) in [5, 5.41) is 8.55. The van der Waals surface area contributed by atoms with Gasteiger partial charge in [-0.1, -0.05) is 24.1 Å². The van der Waals surface area contributed by atoms with Gasteiger partial charge in [0, 0.05) is 13.0 Å². The van der Waals surface area contributed by atoms with Gasteiger partial charge in [-0.2, -0.15) is 0 Å². The molecule has 0 aromatic heterocycles. The topological polar surface area (TPSA) is 65.0 Å². The molecule has 1 fully saturated rings. The summed E-state index contributed by atoms with van der Waals surface area (Å²) in [7, 11) is 0. The first-order chi connectivity index (χ1) is 9.94. The number of rotatable bonds is 8. The molecule has 5 heteroatoms. The minimum absolute atomic E-state index is 0.105. The van der Waals surface area contributed by atoms with E-state index in [4.69, 9.17) is 25.7 Å². The van der Waals surface area contributed by atoms with Gasteiger partial charge in [0.05, 0.1) is 6.61 Å². The van der Waals surface area contributed by atoms with Crippen molar-refractivity contribution in [2.24, 2.45) is 0 Å². The molecule has 0 aromatic rings. The van der Waals surface area contributed by atoms with E-state index < -0.39 is 11.8 Å². The quantitative estimate of drug-likeness (QED) is 0.422. The molecule has 0 unspecified atom stereocenters. The molecule has 1 heterocycles. The second-order valence-corrected chi connectivity index (χ2v) is 5.12. The van der Waals surface area contributed by atoms with Crippen LogP contribution in [0.25, 0.3) is 0 Å². The maximum atomic E-state index is 10.4. The van der Waals surface area contributed by atoms with Crippen molar-refractivity contribution >= 4 is 5.97 Å². The standard InChI is InChI=1S/C16H22O5/c1-4-5-6-7-9-13-14(21-16(2,3)20-13)12-19-11-8-10-15(17)18/h1,5-7,9,13-14H,8,10-12H2,2-3H3,(H,17,18)/t13-,14+/m1/s1. The van der Waals surface area contributed by atoms with Crippen molar-refractivity contribution in [1.29, 1.82) is 0 Å². The van der Waals surface area contributed by atoms with Gasteiger partial charge in [-0.25, -0.2) is 0 Å². The van der Waals surface area contributed by atoms with E-state index in [0.29, 0.717) is 19.6 Å². The summed E-state index contributed by atoms with van der Waals surface area (Å²) in [5.41, 5.74) is 0. The molecule has 0 saturated carbocycles. The van der Waals surface area contributed by atoms with Crippen molar-refractivity contribution in [1.82, 2.24) is 0 Å². The van der Waals surface area contributed by atoms with Crippen LogP contribution in [0.4, 0.5) is 0 Å². The third-order valence-corrected chi connectivity index (χ3v) is 2.79. The number of carbonyl (C=O) groups is 1. The highest BCUT2D eigenvalue weighted by molar-refractivity contribution is 5.66. The molecule has 0 amide bonds. The zero-order valence-electron chi connectivity index (χ0n) is 12.5. The summed E-state index contributed by atoms with van der Waals surface area (Å²) >= 11 is 0. The summed E-state index contributed by atoms with van der Waals surface area (Å²) in [4.78, 5) is 10.4. The van der Waals surface area contributed by atoms with E-state index in [1.54, 1.807) is 12.2 Å². The van der Waals surface area contributed by atoms with Gasteiger partial charge in [0.15, 0.2) is 5.79 Å². The van der Waals surface area contributed by atoms with Crippen molar-refractivity contribution in [3.8, 4) is 12.3 Å². The van der Waals surface area contributed by atoms with Crippen LogP contribution in [0.5, 0.6) is 0 Å². The lowest BCUT2D eigenvalue weighted by molar-refractivity contribution is -0.148. The number of hydrogen-bond donors (Lipinski definition) is 1. The molecule has 0 aliphatic carbocycles. The molecule has 1 aliphatic heterocycles. The predicted octanol–water partition coefficient (Wildman–Crippen LogP) is 2.13. The predicted molar refractivity (Wildman–Crippen MR) is 78.6 cm³/mol. The molecule has 1 saturated heterocycles. The van der Waals surface area contributed by atoms with Gasteiger partial charge < -0.3 is 19.3 Å². The van der Waals surface area contributed by atoms with Crippen LogP contribution in [0.2, 0.25) is 0 Å². The first-order valence-electron chi connectivity index (χ1n) is 6.89. The largest absolute Gasteiger partial charge is 0.481 e. The highest BCUT2D eigenvalue weighted by Crippen LogP contribution is 2.29. The summed E-state index contributed by atoms with van der Waals surface area (Å²) in [6.45, 7) is 4.43. The van der Waals surface area contributed by atoms with E-state index in [2.05, 4.69) is 5.92 Å². The average molecular weight is 294 g/mol. The van der Waals surface area contributed by atoms with Gasteiger partial charge in [0.1, 0.15) is 12.2 Å². The highest BCUT2D eigenvalue weighted by atomic mass is 16.8. The van der Waals surface area contributed by atoms with E-state index in [1.807, 2.05) is 26.0 Å². The van der Waals surface area contributed by atoms with Crippen LogP contribution in [0.15, 0.2) is 24.3 Å². The number of allylic oxidation sites excluding steroid dienone is 3. The molecule has 5 nitrogen and oxygen atoms in total. The Morgan fingerprint density at radius 2 is 2.19 bits per heavy atom. The molecule has 0 bridgehead atoms. The normalized spacial score (nSPS) is 24.6. The Balaban J connectivity index is 2.41. The fourth-order valence-electron chi connectivity index (χ4n) is 1.96. The Bertz CT molecular complexity index is 430. The van der Waals surface area contributed by atoms with Crippen LogP contribution in [-0.4, -0.2) is 42.3 Å². The summed E-state index contributed by atoms with van der Waals surface area (Å²) in [5.74, 6) is 0.916. The van der Waals surface area contributed by atoms with Crippen LogP contribution in [0, 0.1) is 12.3 Å². The lowest BCUT2D eigenvalue weighted by Crippen LogP contribution is -2.27. The van der Waals surface area contributed by atoms with Gasteiger partial charge in [-0.3, -0.25) is 4.79 Å². The summed E-state index contributed by atoms with van der Waals surface area (Å²) in [6.07, 6.45) is 12.3. The SMILES string of the molecule is C#CC=CC=C[C@H]1OC(C)(C)O[C@H]1COCCCC(=O)O. The van der Waals surface area contributed by atoms with Crippen molar-refractivity contribution < 1.29 is 24.1 Å². The van der Waals surface area contributed by atoms with E-state index >= 15 is 0 Å². The smallest absolute Gasteiger partial charge is 0.303 e. The zero-order chi connectivity index (χ0) is 15.7. The monoisotopic (exact) mass is 294 g/mol. The zero-order valence-corrected chi connectivity index (χ0v) is 12.5. The second-order valence-electron chi connectivity index (χ2n) is 5.12. The Kier molecular flexibility index (Phi) is 7.17. The third kappa shape index (κ3) is 7.09. The van der Waals surface area contributed by atoms with Crippen molar-refractivity contribution in [3.05, 3.63) is 24.3 Å². The molecular weight excluding hydrogens is 272 g/mol. The van der Waals surface area contributed by atoms with Crippen molar-refractivity contribution in [2.75, 3.05) is 13.2 Å². The first-order valence-corrected chi connectivity index (χ1v) is 6.89. The molecule has 0 aromatic carbocycles. The second kappa shape index (κ2) is 8.63. The van der Waals surface area contributed by atoms with Crippen LogP contribution < -0.4 is 0 Å². The van der Waals surface area contributed by atoms with E-state index in [-0.39, 0.29) is 18.6 Å². The van der Waals surface area contributed by atoms with Gasteiger partial charge in [-0.05, 0) is 26.3 Å². The van der Waals surface area contributed by atoms with Crippen LogP contribution >= 0.6 is 0 Å². The Morgan fingerprint density at radius 1 is 1.43 bits per heavy atom. The fourth-order valence-corrected chi connectivity index (χ4v) is 1.96. The molecule has 0 spiro atoms. The molecule has 1 N–H and O–H groups in total. The van der Waals surface area contributed by atoms with E-state index in [0.717, 1.165) is 0 Å². The first kappa shape index (κ1) is 17.4. The Hall–Kier alpha value is -1.61. The lowest BCUT2D eigenvalue weighted by Gasteiger charge is -2.16. The summed E-state index contributed by atoms with van der Waals surface area (Å²) in [6, 6.07) is 0. The van der Waals surface area contributed by atoms with Crippen molar-refractivity contribution in [3.63, 3.8) is 0 Å². The van der Waals surface area contributed by atoms with Crippen LogP contribution in [0.3, 0.4) is 0 Å². The average Bonchev–Trinajstić information content (AvgIpc) is 2.68. The molecule has 21 heavy (non-hydrogen) atoms. The molecule has 2 atom stereocenters. The minimum Gasteiger partial charge on any atom is -0.481 e. The maximum absolute atomic E-state index is 10.4. The molecule has 1 aliphatic rings. The fraction of sp³-hybridized carbons (Fsp3) is 0.562. The van der Waals surface area contributed by atoms with E-state index in [1.165, 1.54) is 0 Å². The van der Waals surface area contributed by atoms with Gasteiger partial charge >= 0.3 is 5.97 Å². The highest BCUT2D eigenvalue weighted by Gasteiger charge is 2.39. The van der Waals surface area contributed by atoms with Crippen molar-refractivity contribution in [2.45, 2.75) is 44.7 Å². The number of terminal acetylenes is 1. The number of carboxylic acid groups (broad SMARTS) is 1. The van der Waals surface area contributed by atoms with Crippen LogP contribution in [0.1, 0.15) is 26.7 Å². The van der Waals surface area contributed by atoms with Crippen LogP contribution in [-0.2, 0) is 19.0 Å². The molecule has 0 radical (unpaired) electrons. The maximum Gasteiger partial charge on any atom is 0.303 e. The summed E-state index contributed by atoms with van der Waals surface area (Å²) < 4.78 is 17.0. The Labute approximate surface area is 125 Å². The third-order valence-electron chi connectivity index (χ3n) is 2.79. The lowest BCUT2D eigenvalue weighted by atomic mass is 10.2. The number of ether oxygens (including phenoxy) is 3. The van der Waals surface area contributed by atoms with E-state index in [9.17, 15) is 4.79 Å². The number of carboxylic acids is 1. The number of hydrogen-bond acceptors (Lipinski definition) is 4. The van der Waals surface area contributed by atoms with Gasteiger partial charge in [0.2, 0.25) is 0 Å². The Morgan fingerprint density at radius 3 is 2.86 bits per heavy atom. The number of aliphatic carboxylic acids is 1. The van der Waals surface area contributed by atoms with Gasteiger partial charge in [-0.15, -0.1) is 6.42 Å². The minimum atomic E-state index is -0.818. The molecule has 116 valence electrons. The molecular formula is C16H22O5. The van der Waals surface area contributed by atoms with Gasteiger partial charge in [0.25, 0.3) is 0 Å².